The van der Waals surface area contributed by atoms with Crippen LogP contribution in [0.5, 0.6) is 0 Å². The van der Waals surface area contributed by atoms with E-state index in [9.17, 15) is 0 Å². The van der Waals surface area contributed by atoms with Gasteiger partial charge in [0.2, 0.25) is 0 Å². The Morgan fingerprint density at radius 1 is 1.10 bits per heavy atom. The highest BCUT2D eigenvalue weighted by atomic mass is 16.5. The van der Waals surface area contributed by atoms with Gasteiger partial charge in [0.25, 0.3) is 0 Å². The molecule has 0 spiro atoms. The fraction of sp³-hybridized carbons (Fsp3) is 0.720. The highest BCUT2D eigenvalue weighted by Crippen LogP contribution is 2.23. The van der Waals surface area contributed by atoms with Crippen LogP contribution in [0.2, 0.25) is 0 Å². The van der Waals surface area contributed by atoms with E-state index in [1.807, 2.05) is 0 Å². The number of morpholine rings is 1. The molecule has 0 amide bonds. The molecule has 174 valence electrons. The zero-order chi connectivity index (χ0) is 22.1. The number of aliphatic imine (C=N–C) groups is 1. The maximum Gasteiger partial charge on any atom is 0.191 e. The predicted molar refractivity (Wildman–Crippen MR) is 128 cm³/mol. The first-order valence-electron chi connectivity index (χ1n) is 12.0. The molecule has 0 aromatic heterocycles. The molecule has 1 aromatic carbocycles. The van der Waals surface area contributed by atoms with Gasteiger partial charge in [0.1, 0.15) is 0 Å². The third-order valence-electron chi connectivity index (χ3n) is 6.33. The van der Waals surface area contributed by atoms with Crippen molar-refractivity contribution < 1.29 is 9.47 Å². The van der Waals surface area contributed by atoms with E-state index >= 15 is 0 Å². The van der Waals surface area contributed by atoms with Gasteiger partial charge in [0.15, 0.2) is 5.96 Å². The molecule has 2 N–H and O–H groups in total. The van der Waals surface area contributed by atoms with Gasteiger partial charge in [-0.25, -0.2) is 0 Å². The average molecular weight is 431 g/mol. The van der Waals surface area contributed by atoms with E-state index in [-0.39, 0.29) is 5.41 Å². The number of rotatable bonds is 8. The molecule has 31 heavy (non-hydrogen) atoms. The van der Waals surface area contributed by atoms with Gasteiger partial charge in [-0.15, -0.1) is 0 Å². The van der Waals surface area contributed by atoms with Crippen molar-refractivity contribution in [2.75, 3.05) is 59.2 Å². The highest BCUT2D eigenvalue weighted by molar-refractivity contribution is 5.79. The van der Waals surface area contributed by atoms with E-state index in [1.165, 1.54) is 11.1 Å². The molecule has 1 aromatic rings. The minimum Gasteiger partial charge on any atom is -0.381 e. The molecule has 6 heteroatoms. The average Bonchev–Trinajstić information content (AvgIpc) is 3.29. The van der Waals surface area contributed by atoms with Crippen LogP contribution in [0, 0.1) is 5.92 Å². The fourth-order valence-electron chi connectivity index (χ4n) is 4.35. The molecule has 0 bridgehead atoms. The van der Waals surface area contributed by atoms with Gasteiger partial charge in [-0.1, -0.05) is 45.0 Å². The SMILES string of the molecule is CCNC(=NCC(C1CCOC1)N1CCOCC1)NCCc1ccc(C(C)(C)C)cc1. The number of nitrogens with zero attached hydrogens (tertiary/aromatic N) is 2. The van der Waals surface area contributed by atoms with Crippen molar-refractivity contribution in [3.8, 4) is 0 Å². The lowest BCUT2D eigenvalue weighted by atomic mass is 9.86. The van der Waals surface area contributed by atoms with Gasteiger partial charge in [0, 0.05) is 44.7 Å². The minimum absolute atomic E-state index is 0.197. The first-order valence-corrected chi connectivity index (χ1v) is 12.0. The number of guanidine groups is 1. The zero-order valence-electron chi connectivity index (χ0n) is 20.0. The van der Waals surface area contributed by atoms with Crippen LogP contribution < -0.4 is 10.6 Å². The number of benzene rings is 1. The van der Waals surface area contributed by atoms with E-state index in [0.717, 1.165) is 78.0 Å². The van der Waals surface area contributed by atoms with Gasteiger partial charge in [-0.3, -0.25) is 9.89 Å². The number of ether oxygens (including phenoxy) is 2. The summed E-state index contributed by atoms with van der Waals surface area (Å²) in [6.45, 7) is 16.8. The lowest BCUT2D eigenvalue weighted by Gasteiger charge is -2.36. The largest absolute Gasteiger partial charge is 0.381 e. The molecule has 0 aliphatic carbocycles. The summed E-state index contributed by atoms with van der Waals surface area (Å²) in [5, 5.41) is 6.94. The zero-order valence-corrected chi connectivity index (χ0v) is 20.0. The van der Waals surface area contributed by atoms with Crippen molar-refractivity contribution in [1.82, 2.24) is 15.5 Å². The lowest BCUT2D eigenvalue weighted by molar-refractivity contribution is 0.00368. The van der Waals surface area contributed by atoms with E-state index in [0.29, 0.717) is 12.0 Å². The fourth-order valence-corrected chi connectivity index (χ4v) is 4.35. The van der Waals surface area contributed by atoms with Gasteiger partial charge < -0.3 is 20.1 Å². The third kappa shape index (κ3) is 7.48. The quantitative estimate of drug-likeness (QED) is 0.491. The third-order valence-corrected chi connectivity index (χ3v) is 6.33. The van der Waals surface area contributed by atoms with Crippen molar-refractivity contribution in [2.24, 2.45) is 10.9 Å². The van der Waals surface area contributed by atoms with Gasteiger partial charge in [-0.2, -0.15) is 0 Å². The first kappa shape index (κ1) is 24.0. The smallest absolute Gasteiger partial charge is 0.191 e. The van der Waals surface area contributed by atoms with Crippen LogP contribution in [-0.2, 0) is 21.3 Å². The number of hydrogen-bond acceptors (Lipinski definition) is 4. The molecule has 2 heterocycles. The van der Waals surface area contributed by atoms with Crippen LogP contribution in [0.25, 0.3) is 0 Å². The van der Waals surface area contributed by atoms with Gasteiger partial charge in [-0.05, 0) is 36.3 Å². The van der Waals surface area contributed by atoms with Gasteiger partial charge >= 0.3 is 0 Å². The Hall–Kier alpha value is -1.63. The molecular weight excluding hydrogens is 388 g/mol. The van der Waals surface area contributed by atoms with Gasteiger partial charge in [0.05, 0.1) is 26.4 Å². The molecular formula is C25H42N4O2. The summed E-state index contributed by atoms with van der Waals surface area (Å²) in [6.07, 6.45) is 2.12. The van der Waals surface area contributed by atoms with E-state index in [2.05, 4.69) is 67.5 Å². The second-order valence-electron chi connectivity index (χ2n) is 9.68. The Morgan fingerprint density at radius 2 is 1.84 bits per heavy atom. The maximum absolute atomic E-state index is 5.69. The van der Waals surface area contributed by atoms with E-state index < -0.39 is 0 Å². The highest BCUT2D eigenvalue weighted by Gasteiger charge is 2.31. The van der Waals surface area contributed by atoms with Crippen LogP contribution in [-0.4, -0.2) is 76.1 Å². The van der Waals surface area contributed by atoms with E-state index in [1.54, 1.807) is 0 Å². The summed E-state index contributed by atoms with van der Waals surface area (Å²) >= 11 is 0. The van der Waals surface area contributed by atoms with Crippen LogP contribution in [0.3, 0.4) is 0 Å². The summed E-state index contributed by atoms with van der Waals surface area (Å²) in [4.78, 5) is 7.52. The van der Waals surface area contributed by atoms with Crippen molar-refractivity contribution in [1.29, 1.82) is 0 Å². The van der Waals surface area contributed by atoms with Crippen LogP contribution >= 0.6 is 0 Å². The first-order chi connectivity index (χ1) is 15.0. The second kappa shape index (κ2) is 11.8. The Balaban J connectivity index is 1.55. The van der Waals surface area contributed by atoms with E-state index in [4.69, 9.17) is 14.5 Å². The summed E-state index contributed by atoms with van der Waals surface area (Å²) in [6, 6.07) is 9.44. The Kier molecular flexibility index (Phi) is 9.17. The van der Waals surface area contributed by atoms with Crippen LogP contribution in [0.1, 0.15) is 45.2 Å². The molecule has 2 atom stereocenters. The maximum atomic E-state index is 5.69. The summed E-state index contributed by atoms with van der Waals surface area (Å²) in [5.41, 5.74) is 2.93. The van der Waals surface area contributed by atoms with Crippen molar-refractivity contribution in [2.45, 2.75) is 52.0 Å². The summed E-state index contributed by atoms with van der Waals surface area (Å²) in [5.74, 6) is 1.47. The molecule has 2 aliphatic rings. The predicted octanol–water partition coefficient (Wildman–Crippen LogP) is 2.82. The molecule has 2 aliphatic heterocycles. The molecule has 2 fully saturated rings. The monoisotopic (exact) mass is 430 g/mol. The Labute approximate surface area is 188 Å². The summed E-state index contributed by atoms with van der Waals surface area (Å²) in [7, 11) is 0. The second-order valence-corrected chi connectivity index (χ2v) is 9.68. The molecule has 6 nitrogen and oxygen atoms in total. The standard InChI is InChI=1S/C25H42N4O2/c1-5-26-24(27-12-10-20-6-8-22(9-7-20)25(2,3)4)28-18-23(21-11-15-31-19-21)29-13-16-30-17-14-29/h6-9,21,23H,5,10-19H2,1-4H3,(H2,26,27,28). The van der Waals surface area contributed by atoms with Crippen molar-refractivity contribution in [3.05, 3.63) is 35.4 Å². The summed E-state index contributed by atoms with van der Waals surface area (Å²) < 4.78 is 11.3. The lowest BCUT2D eigenvalue weighted by Crippen LogP contribution is -2.49. The molecule has 3 rings (SSSR count). The Morgan fingerprint density at radius 3 is 2.45 bits per heavy atom. The molecule has 0 saturated carbocycles. The van der Waals surface area contributed by atoms with Crippen LogP contribution in [0.4, 0.5) is 0 Å². The molecule has 2 saturated heterocycles. The van der Waals surface area contributed by atoms with Crippen molar-refractivity contribution in [3.63, 3.8) is 0 Å². The van der Waals surface area contributed by atoms with Crippen LogP contribution in [0.15, 0.2) is 29.3 Å². The number of nitrogens with one attached hydrogen (secondary N) is 2. The molecule has 0 radical (unpaired) electrons. The Bertz CT molecular complexity index is 672. The number of hydrogen-bond donors (Lipinski definition) is 2. The minimum atomic E-state index is 0.197. The normalized spacial score (nSPS) is 21.8. The molecule has 2 unspecified atom stereocenters. The topological polar surface area (TPSA) is 58.1 Å². The van der Waals surface area contributed by atoms with Crippen molar-refractivity contribution >= 4 is 5.96 Å².